The van der Waals surface area contributed by atoms with Gasteiger partial charge in [-0.25, -0.2) is 13.4 Å². The van der Waals surface area contributed by atoms with Crippen molar-refractivity contribution in [2.45, 2.75) is 26.6 Å². The van der Waals surface area contributed by atoms with Crippen LogP contribution in [0, 0.1) is 6.92 Å². The van der Waals surface area contributed by atoms with Crippen molar-refractivity contribution in [1.29, 1.82) is 0 Å². The lowest BCUT2D eigenvalue weighted by molar-refractivity contribution is -0.137. The van der Waals surface area contributed by atoms with Crippen LogP contribution in [0.2, 0.25) is 0 Å². The number of hydrogen-bond acceptors (Lipinski definition) is 6. The van der Waals surface area contributed by atoms with Crippen molar-refractivity contribution in [3.8, 4) is 0 Å². The zero-order valence-corrected chi connectivity index (χ0v) is 18.2. The van der Waals surface area contributed by atoms with Crippen LogP contribution in [0.5, 0.6) is 0 Å². The maximum absolute atomic E-state index is 13.5. The van der Waals surface area contributed by atoms with Gasteiger partial charge in [0.2, 0.25) is 16.0 Å². The molecule has 0 aliphatic carbocycles. The molecule has 0 radical (unpaired) electrons. The van der Waals surface area contributed by atoms with Gasteiger partial charge in [-0.1, -0.05) is 36.4 Å². The van der Waals surface area contributed by atoms with Gasteiger partial charge in [0.15, 0.2) is 0 Å². The van der Waals surface area contributed by atoms with Crippen LogP contribution in [0.1, 0.15) is 23.6 Å². The van der Waals surface area contributed by atoms with Crippen LogP contribution in [0.4, 0.5) is 36.3 Å². The maximum atomic E-state index is 13.5. The fraction of sp³-hybridized carbons (Fsp3) is 0.238. The maximum Gasteiger partial charge on any atom is 0.421 e. The first-order chi connectivity index (χ1) is 15.1. The Balaban J connectivity index is 1.91. The van der Waals surface area contributed by atoms with Crippen molar-refractivity contribution in [1.82, 2.24) is 9.97 Å². The highest BCUT2D eigenvalue weighted by Crippen LogP contribution is 2.34. The molecule has 3 N–H and O–H groups in total. The normalized spacial score (nSPS) is 11.8. The highest BCUT2D eigenvalue weighted by Gasteiger charge is 2.35. The Bertz CT molecular complexity index is 1190. The number of nitrogens with zero attached hydrogens (tertiary/aromatic N) is 2. The topological polar surface area (TPSA) is 96.0 Å². The van der Waals surface area contributed by atoms with E-state index in [0.717, 1.165) is 0 Å². The van der Waals surface area contributed by atoms with Crippen LogP contribution in [-0.4, -0.2) is 24.1 Å². The van der Waals surface area contributed by atoms with Crippen LogP contribution in [-0.2, 0) is 22.7 Å². The summed E-state index contributed by atoms with van der Waals surface area (Å²) in [4.78, 5) is 7.77. The highest BCUT2D eigenvalue weighted by molar-refractivity contribution is 7.92. The standard InChI is InChI=1S/C21H22F3N5O2S/c1-3-32(30,31)29-18-14(2)8-7-9-15(18)12-25-19-17(21(22,23)24)13-26-20(28-19)27-16-10-5-4-6-11-16/h4-11,13,29H,3,12H2,1-2H3,(H2,25,26,27,28). The Morgan fingerprint density at radius 2 is 1.75 bits per heavy atom. The lowest BCUT2D eigenvalue weighted by Crippen LogP contribution is -2.18. The van der Waals surface area contributed by atoms with E-state index in [1.165, 1.54) is 6.92 Å². The van der Waals surface area contributed by atoms with Crippen LogP contribution in [0.3, 0.4) is 0 Å². The molecule has 3 aromatic rings. The van der Waals surface area contributed by atoms with E-state index >= 15 is 0 Å². The first-order valence-corrected chi connectivity index (χ1v) is 11.3. The molecule has 0 unspecified atom stereocenters. The Labute approximate surface area is 184 Å². The highest BCUT2D eigenvalue weighted by atomic mass is 32.2. The first kappa shape index (κ1) is 23.3. The van der Waals surface area contributed by atoms with E-state index in [9.17, 15) is 21.6 Å². The van der Waals surface area contributed by atoms with Gasteiger partial charge in [0, 0.05) is 18.4 Å². The third-order valence-electron chi connectivity index (χ3n) is 4.57. The van der Waals surface area contributed by atoms with E-state index in [2.05, 4.69) is 25.3 Å². The zero-order chi connectivity index (χ0) is 23.4. The van der Waals surface area contributed by atoms with Gasteiger partial charge in [-0.3, -0.25) is 4.72 Å². The van der Waals surface area contributed by atoms with Crippen LogP contribution >= 0.6 is 0 Å². The molecule has 1 heterocycles. The van der Waals surface area contributed by atoms with Gasteiger partial charge in [0.05, 0.1) is 11.4 Å². The van der Waals surface area contributed by atoms with Gasteiger partial charge in [-0.05, 0) is 37.1 Å². The van der Waals surface area contributed by atoms with Crippen molar-refractivity contribution < 1.29 is 21.6 Å². The summed E-state index contributed by atoms with van der Waals surface area (Å²) in [5.74, 6) is -0.563. The fourth-order valence-corrected chi connectivity index (χ4v) is 3.61. The average Bonchev–Trinajstić information content (AvgIpc) is 2.74. The molecule has 7 nitrogen and oxygen atoms in total. The second kappa shape index (κ2) is 9.43. The van der Waals surface area contributed by atoms with Gasteiger partial charge in [0.25, 0.3) is 0 Å². The summed E-state index contributed by atoms with van der Waals surface area (Å²) in [5, 5.41) is 5.55. The number of alkyl halides is 3. The van der Waals surface area contributed by atoms with Gasteiger partial charge < -0.3 is 10.6 Å². The molecule has 0 atom stereocenters. The summed E-state index contributed by atoms with van der Waals surface area (Å²) < 4.78 is 67.1. The molecule has 0 spiro atoms. The molecule has 170 valence electrons. The number of anilines is 4. The largest absolute Gasteiger partial charge is 0.421 e. The number of hydrogen-bond donors (Lipinski definition) is 3. The average molecular weight is 466 g/mol. The van der Waals surface area contributed by atoms with E-state index in [-0.39, 0.29) is 18.2 Å². The molecular formula is C21H22F3N5O2S. The summed E-state index contributed by atoms with van der Waals surface area (Å²) >= 11 is 0. The van der Waals surface area contributed by atoms with E-state index in [1.807, 2.05) is 0 Å². The van der Waals surface area contributed by atoms with Crippen LogP contribution in [0.15, 0.2) is 54.7 Å². The van der Waals surface area contributed by atoms with Crippen molar-refractivity contribution in [3.63, 3.8) is 0 Å². The number of sulfonamides is 1. The van der Waals surface area contributed by atoms with Crippen molar-refractivity contribution in [2.75, 3.05) is 21.1 Å². The van der Waals surface area contributed by atoms with Crippen molar-refractivity contribution >= 4 is 33.2 Å². The minimum atomic E-state index is -4.67. The first-order valence-electron chi connectivity index (χ1n) is 9.68. The van der Waals surface area contributed by atoms with Gasteiger partial charge in [-0.15, -0.1) is 0 Å². The van der Waals surface area contributed by atoms with E-state index in [1.54, 1.807) is 55.5 Å². The molecule has 3 rings (SSSR count). The van der Waals surface area contributed by atoms with Crippen molar-refractivity contribution in [3.05, 3.63) is 71.4 Å². The molecule has 32 heavy (non-hydrogen) atoms. The zero-order valence-electron chi connectivity index (χ0n) is 17.4. The molecule has 0 aliphatic heterocycles. The monoisotopic (exact) mass is 465 g/mol. The van der Waals surface area contributed by atoms with Gasteiger partial charge in [-0.2, -0.15) is 18.2 Å². The molecule has 0 fully saturated rings. The Morgan fingerprint density at radius 3 is 2.41 bits per heavy atom. The third kappa shape index (κ3) is 5.88. The molecule has 0 bridgehead atoms. The summed E-state index contributed by atoms with van der Waals surface area (Å²) in [6.07, 6.45) is -3.97. The molecular weight excluding hydrogens is 443 g/mol. The third-order valence-corrected chi connectivity index (χ3v) is 5.84. The molecule has 0 amide bonds. The molecule has 0 saturated carbocycles. The number of aryl methyl sites for hydroxylation is 1. The smallest absolute Gasteiger partial charge is 0.365 e. The van der Waals surface area contributed by atoms with Crippen LogP contribution in [0.25, 0.3) is 0 Å². The van der Waals surface area contributed by atoms with Gasteiger partial charge in [0.1, 0.15) is 11.4 Å². The fourth-order valence-electron chi connectivity index (χ4n) is 2.86. The van der Waals surface area contributed by atoms with E-state index in [0.29, 0.717) is 28.7 Å². The Morgan fingerprint density at radius 1 is 1.03 bits per heavy atom. The molecule has 1 aromatic heterocycles. The second-order valence-corrected chi connectivity index (χ2v) is 8.92. The molecule has 0 saturated heterocycles. The predicted molar refractivity (Wildman–Crippen MR) is 118 cm³/mol. The van der Waals surface area contributed by atoms with E-state index < -0.39 is 27.6 Å². The number of para-hydroxylation sites is 2. The van der Waals surface area contributed by atoms with Crippen LogP contribution < -0.4 is 15.4 Å². The quantitative estimate of drug-likeness (QED) is 0.437. The molecule has 2 aromatic carbocycles. The molecule has 11 heteroatoms. The summed E-state index contributed by atoms with van der Waals surface area (Å²) in [6.45, 7) is 3.12. The van der Waals surface area contributed by atoms with Crippen molar-refractivity contribution in [2.24, 2.45) is 0 Å². The van der Waals surface area contributed by atoms with Gasteiger partial charge >= 0.3 is 6.18 Å². The second-order valence-electron chi connectivity index (χ2n) is 6.91. The lowest BCUT2D eigenvalue weighted by Gasteiger charge is -2.18. The number of aromatic nitrogens is 2. The number of benzene rings is 2. The SMILES string of the molecule is CCS(=O)(=O)Nc1c(C)cccc1CNc1nc(Nc2ccccc2)ncc1C(F)(F)F. The number of rotatable bonds is 8. The van der Waals surface area contributed by atoms with E-state index in [4.69, 9.17) is 0 Å². The summed E-state index contributed by atoms with van der Waals surface area (Å²) in [6, 6.07) is 13.8. The summed E-state index contributed by atoms with van der Waals surface area (Å²) in [5.41, 5.74) is 1.04. The number of nitrogens with one attached hydrogen (secondary N) is 3. The minimum absolute atomic E-state index is 0.0112. The number of halogens is 3. The lowest BCUT2D eigenvalue weighted by atomic mass is 10.1. The Hall–Kier alpha value is -3.34. The minimum Gasteiger partial charge on any atom is -0.365 e. The summed E-state index contributed by atoms with van der Waals surface area (Å²) in [7, 11) is -3.57. The molecule has 0 aliphatic rings. The predicted octanol–water partition coefficient (Wildman–Crippen LogP) is 4.92. The Kier molecular flexibility index (Phi) is 6.87.